The Labute approximate surface area is 124 Å². The first-order chi connectivity index (χ1) is 10.2. The molecule has 0 atom stereocenters. The summed E-state index contributed by atoms with van der Waals surface area (Å²) in [6, 6.07) is 4.75. The number of anilines is 1. The predicted molar refractivity (Wildman–Crippen MR) is 75.5 cm³/mol. The molecule has 0 saturated carbocycles. The molecule has 0 spiro atoms. The van der Waals surface area contributed by atoms with E-state index >= 15 is 0 Å². The average Bonchev–Trinajstić information content (AvgIpc) is 3.11. The molecule has 0 radical (unpaired) electrons. The van der Waals surface area contributed by atoms with Crippen LogP contribution in [-0.4, -0.2) is 26.7 Å². The van der Waals surface area contributed by atoms with Crippen molar-refractivity contribution >= 4 is 17.4 Å². The molecule has 0 bridgehead atoms. The number of pyridine rings is 1. The van der Waals surface area contributed by atoms with Gasteiger partial charge in [0.2, 0.25) is 5.82 Å². The summed E-state index contributed by atoms with van der Waals surface area (Å²) in [7, 11) is 0. The van der Waals surface area contributed by atoms with Gasteiger partial charge in [-0.2, -0.15) is 5.10 Å². The van der Waals surface area contributed by atoms with Crippen molar-refractivity contribution in [3.8, 4) is 11.6 Å². The number of rotatable bonds is 5. The standard InChI is InChI=1S/C13H11ClFN5O/c14-8-6-9(15)12(17-7-8)16-4-3-11-18-13(20-19-11)10-2-1-5-21-10/h1-2,5-7H,3-4H2,(H,16,17)(H,18,19,20). The minimum absolute atomic E-state index is 0.158. The van der Waals surface area contributed by atoms with Crippen LogP contribution >= 0.6 is 11.6 Å². The molecule has 0 aliphatic carbocycles. The van der Waals surface area contributed by atoms with Gasteiger partial charge in [-0.3, -0.25) is 5.10 Å². The molecular formula is C13H11ClFN5O. The fourth-order valence-electron chi connectivity index (χ4n) is 1.77. The maximum atomic E-state index is 13.5. The lowest BCUT2D eigenvalue weighted by Crippen LogP contribution is -2.08. The first-order valence-electron chi connectivity index (χ1n) is 6.22. The van der Waals surface area contributed by atoms with Gasteiger partial charge < -0.3 is 9.73 Å². The van der Waals surface area contributed by atoms with E-state index in [2.05, 4.69) is 25.5 Å². The molecule has 0 aromatic carbocycles. The second-order valence-electron chi connectivity index (χ2n) is 4.24. The second-order valence-corrected chi connectivity index (χ2v) is 4.68. The molecule has 3 aromatic heterocycles. The Morgan fingerprint density at radius 3 is 3.10 bits per heavy atom. The highest BCUT2D eigenvalue weighted by atomic mass is 35.5. The van der Waals surface area contributed by atoms with Crippen molar-refractivity contribution in [2.75, 3.05) is 11.9 Å². The van der Waals surface area contributed by atoms with Crippen molar-refractivity contribution in [3.05, 3.63) is 47.3 Å². The Morgan fingerprint density at radius 2 is 2.33 bits per heavy atom. The van der Waals surface area contributed by atoms with Gasteiger partial charge in [-0.05, 0) is 18.2 Å². The van der Waals surface area contributed by atoms with E-state index in [1.165, 1.54) is 12.3 Å². The lowest BCUT2D eigenvalue weighted by atomic mass is 10.3. The number of nitrogens with one attached hydrogen (secondary N) is 2. The van der Waals surface area contributed by atoms with Gasteiger partial charge in [-0.1, -0.05) is 11.6 Å². The molecule has 6 nitrogen and oxygen atoms in total. The average molecular weight is 308 g/mol. The summed E-state index contributed by atoms with van der Waals surface area (Å²) in [4.78, 5) is 8.16. The summed E-state index contributed by atoms with van der Waals surface area (Å²) in [6.45, 7) is 0.457. The predicted octanol–water partition coefficient (Wildman–Crippen LogP) is 2.91. The molecule has 2 N–H and O–H groups in total. The van der Waals surface area contributed by atoms with Crippen molar-refractivity contribution in [1.82, 2.24) is 20.2 Å². The third kappa shape index (κ3) is 3.19. The Hall–Kier alpha value is -2.41. The summed E-state index contributed by atoms with van der Waals surface area (Å²) in [5.41, 5.74) is 0. The first kappa shape index (κ1) is 13.6. The van der Waals surface area contributed by atoms with Gasteiger partial charge in [0.05, 0.1) is 11.3 Å². The van der Waals surface area contributed by atoms with E-state index in [1.54, 1.807) is 18.4 Å². The number of aromatic nitrogens is 4. The van der Waals surface area contributed by atoms with Crippen molar-refractivity contribution < 1.29 is 8.81 Å². The molecule has 0 unspecified atom stereocenters. The summed E-state index contributed by atoms with van der Waals surface area (Å²) in [5.74, 6) is 1.42. The maximum absolute atomic E-state index is 13.5. The minimum Gasteiger partial charge on any atom is -0.461 e. The Balaban J connectivity index is 1.58. The topological polar surface area (TPSA) is 79.6 Å². The Morgan fingerprint density at radius 1 is 1.43 bits per heavy atom. The molecule has 3 heterocycles. The van der Waals surface area contributed by atoms with Crippen molar-refractivity contribution in [2.24, 2.45) is 0 Å². The van der Waals surface area contributed by atoms with Gasteiger partial charge in [-0.25, -0.2) is 14.4 Å². The van der Waals surface area contributed by atoms with Gasteiger partial charge in [0, 0.05) is 19.2 Å². The molecule has 0 aliphatic heterocycles. The van der Waals surface area contributed by atoms with Crippen LogP contribution in [0.5, 0.6) is 0 Å². The number of furan rings is 1. The van der Waals surface area contributed by atoms with Crippen LogP contribution in [0.25, 0.3) is 11.6 Å². The van der Waals surface area contributed by atoms with Crippen LogP contribution in [0.15, 0.2) is 35.1 Å². The quantitative estimate of drug-likeness (QED) is 0.757. The van der Waals surface area contributed by atoms with Crippen LogP contribution in [0.4, 0.5) is 10.2 Å². The van der Waals surface area contributed by atoms with Gasteiger partial charge in [-0.15, -0.1) is 0 Å². The van der Waals surface area contributed by atoms with E-state index in [0.717, 1.165) is 0 Å². The van der Waals surface area contributed by atoms with Crippen molar-refractivity contribution in [2.45, 2.75) is 6.42 Å². The third-order valence-electron chi connectivity index (χ3n) is 2.74. The molecule has 3 aromatic rings. The third-order valence-corrected chi connectivity index (χ3v) is 2.94. The van der Waals surface area contributed by atoms with Crippen LogP contribution in [0.3, 0.4) is 0 Å². The van der Waals surface area contributed by atoms with E-state index < -0.39 is 5.82 Å². The lowest BCUT2D eigenvalue weighted by Gasteiger charge is -2.05. The minimum atomic E-state index is -0.489. The molecule has 0 aliphatic rings. The molecular weight excluding hydrogens is 297 g/mol. The van der Waals surface area contributed by atoms with E-state index in [0.29, 0.717) is 30.4 Å². The van der Waals surface area contributed by atoms with Crippen molar-refractivity contribution in [3.63, 3.8) is 0 Å². The Bertz CT molecular complexity index is 728. The normalized spacial score (nSPS) is 10.8. The fourth-order valence-corrected chi connectivity index (χ4v) is 1.91. The number of aromatic amines is 1. The molecule has 0 saturated heterocycles. The molecule has 8 heteroatoms. The largest absolute Gasteiger partial charge is 0.461 e. The van der Waals surface area contributed by atoms with E-state index in [9.17, 15) is 4.39 Å². The smallest absolute Gasteiger partial charge is 0.216 e. The highest BCUT2D eigenvalue weighted by Crippen LogP contribution is 2.16. The van der Waals surface area contributed by atoms with Crippen LogP contribution in [-0.2, 0) is 6.42 Å². The van der Waals surface area contributed by atoms with Gasteiger partial charge in [0.1, 0.15) is 5.82 Å². The number of hydrogen-bond donors (Lipinski definition) is 2. The van der Waals surface area contributed by atoms with Crippen LogP contribution in [0, 0.1) is 5.82 Å². The first-order valence-corrected chi connectivity index (χ1v) is 6.60. The summed E-state index contributed by atoms with van der Waals surface area (Å²) in [5, 5.41) is 9.99. The van der Waals surface area contributed by atoms with E-state index in [-0.39, 0.29) is 10.8 Å². The molecule has 0 fully saturated rings. The zero-order chi connectivity index (χ0) is 14.7. The fraction of sp³-hybridized carbons (Fsp3) is 0.154. The molecule has 108 valence electrons. The van der Waals surface area contributed by atoms with Crippen LogP contribution in [0.1, 0.15) is 5.82 Å². The van der Waals surface area contributed by atoms with Crippen LogP contribution < -0.4 is 5.32 Å². The second kappa shape index (κ2) is 5.92. The Kier molecular flexibility index (Phi) is 3.83. The zero-order valence-corrected chi connectivity index (χ0v) is 11.6. The van der Waals surface area contributed by atoms with E-state index in [4.69, 9.17) is 16.0 Å². The zero-order valence-electron chi connectivity index (χ0n) is 10.8. The number of H-pyrrole nitrogens is 1. The van der Waals surface area contributed by atoms with Gasteiger partial charge in [0.15, 0.2) is 17.4 Å². The van der Waals surface area contributed by atoms with E-state index in [1.807, 2.05) is 0 Å². The summed E-state index contributed by atoms with van der Waals surface area (Å²) >= 11 is 5.64. The number of hydrogen-bond acceptors (Lipinski definition) is 5. The summed E-state index contributed by atoms with van der Waals surface area (Å²) in [6.07, 6.45) is 3.48. The molecule has 0 amide bonds. The number of nitrogens with zero attached hydrogens (tertiary/aromatic N) is 3. The SMILES string of the molecule is Fc1cc(Cl)cnc1NCCc1nc(-c2ccco2)n[nH]1. The van der Waals surface area contributed by atoms with Gasteiger partial charge >= 0.3 is 0 Å². The highest BCUT2D eigenvalue weighted by molar-refractivity contribution is 6.30. The van der Waals surface area contributed by atoms with Gasteiger partial charge in [0.25, 0.3) is 0 Å². The van der Waals surface area contributed by atoms with Crippen molar-refractivity contribution in [1.29, 1.82) is 0 Å². The van der Waals surface area contributed by atoms with Crippen LogP contribution in [0.2, 0.25) is 5.02 Å². The summed E-state index contributed by atoms with van der Waals surface area (Å²) < 4.78 is 18.7. The lowest BCUT2D eigenvalue weighted by molar-refractivity contribution is 0.577. The highest BCUT2D eigenvalue weighted by Gasteiger charge is 2.09. The number of halogens is 2. The molecule has 3 rings (SSSR count). The monoisotopic (exact) mass is 307 g/mol. The molecule has 21 heavy (non-hydrogen) atoms. The maximum Gasteiger partial charge on any atom is 0.216 e.